The van der Waals surface area contributed by atoms with Crippen LogP contribution in [0.5, 0.6) is 0 Å². The zero-order valence-corrected chi connectivity index (χ0v) is 13.5. The highest BCUT2D eigenvalue weighted by atomic mass is 15.1. The Bertz CT molecular complexity index is 496. The molecule has 4 aliphatic rings. The fourth-order valence-electron chi connectivity index (χ4n) is 5.87. The van der Waals surface area contributed by atoms with Crippen LogP contribution in [-0.4, -0.2) is 16.0 Å². The number of aryl methyl sites for hydroxylation is 2. The van der Waals surface area contributed by atoms with Crippen molar-refractivity contribution in [2.45, 2.75) is 65.3 Å². The van der Waals surface area contributed by atoms with Gasteiger partial charge in [-0.15, -0.1) is 0 Å². The Hall–Kier alpha value is -1.12. The van der Waals surface area contributed by atoms with Crippen molar-refractivity contribution in [2.24, 2.45) is 23.2 Å². The van der Waals surface area contributed by atoms with E-state index in [0.717, 1.165) is 35.1 Å². The van der Waals surface area contributed by atoms with Crippen molar-refractivity contribution in [1.29, 1.82) is 0 Å². The summed E-state index contributed by atoms with van der Waals surface area (Å²) in [5.41, 5.74) is 1.59. The highest BCUT2D eigenvalue weighted by Gasteiger charge is 2.53. The minimum Gasteiger partial charge on any atom is -0.367 e. The summed E-state index contributed by atoms with van der Waals surface area (Å²) in [6.07, 6.45) is 8.86. The summed E-state index contributed by atoms with van der Waals surface area (Å²) in [5.74, 6) is 4.91. The summed E-state index contributed by atoms with van der Waals surface area (Å²) in [6, 6.07) is 2.61. The number of nitrogens with zero attached hydrogens (tertiary/aromatic N) is 2. The summed E-state index contributed by atoms with van der Waals surface area (Å²) >= 11 is 0. The van der Waals surface area contributed by atoms with Gasteiger partial charge in [-0.1, -0.05) is 0 Å². The first-order valence-electron chi connectivity index (χ1n) is 8.61. The maximum atomic E-state index is 4.58. The summed E-state index contributed by atoms with van der Waals surface area (Å²) in [5, 5.41) is 3.73. The Balaban J connectivity index is 1.55. The van der Waals surface area contributed by atoms with Crippen LogP contribution in [0.25, 0.3) is 0 Å². The van der Waals surface area contributed by atoms with E-state index in [4.69, 9.17) is 0 Å². The molecule has 1 aromatic rings. The Morgan fingerprint density at radius 2 is 1.62 bits per heavy atom. The third-order valence-corrected chi connectivity index (χ3v) is 6.33. The fourth-order valence-corrected chi connectivity index (χ4v) is 5.87. The van der Waals surface area contributed by atoms with Gasteiger partial charge in [0.2, 0.25) is 0 Å². The summed E-state index contributed by atoms with van der Waals surface area (Å²) in [4.78, 5) is 8.96. The van der Waals surface area contributed by atoms with Crippen molar-refractivity contribution in [2.75, 3.05) is 5.32 Å². The number of hydrogen-bond donors (Lipinski definition) is 1. The van der Waals surface area contributed by atoms with E-state index in [2.05, 4.69) is 35.2 Å². The first-order valence-corrected chi connectivity index (χ1v) is 8.61. The van der Waals surface area contributed by atoms with Crippen LogP contribution >= 0.6 is 0 Å². The van der Waals surface area contributed by atoms with Crippen LogP contribution < -0.4 is 5.32 Å². The molecule has 0 saturated heterocycles. The van der Waals surface area contributed by atoms with Gasteiger partial charge in [-0.3, -0.25) is 0 Å². The standard InChI is InChI=1S/C18H27N3/c1-11-4-17(21-13(3)19-11)20-12(2)18-8-14-5-15(9-18)7-16(6-14)10-18/h4,12,14-16H,5-10H2,1-3H3,(H,19,20,21). The van der Waals surface area contributed by atoms with E-state index >= 15 is 0 Å². The molecule has 1 atom stereocenters. The molecule has 3 nitrogen and oxygen atoms in total. The van der Waals surface area contributed by atoms with Crippen molar-refractivity contribution in [3.8, 4) is 0 Å². The average molecular weight is 285 g/mol. The van der Waals surface area contributed by atoms with Gasteiger partial charge < -0.3 is 5.32 Å². The second-order valence-corrected chi connectivity index (χ2v) is 8.09. The average Bonchev–Trinajstić information content (AvgIpc) is 2.35. The highest BCUT2D eigenvalue weighted by molar-refractivity contribution is 5.37. The number of nitrogens with one attached hydrogen (secondary N) is 1. The van der Waals surface area contributed by atoms with E-state index in [1.807, 2.05) is 6.92 Å². The molecule has 4 bridgehead atoms. The molecule has 0 spiro atoms. The first-order chi connectivity index (χ1) is 10.0. The van der Waals surface area contributed by atoms with E-state index in [9.17, 15) is 0 Å². The van der Waals surface area contributed by atoms with Gasteiger partial charge in [-0.2, -0.15) is 0 Å². The number of anilines is 1. The smallest absolute Gasteiger partial charge is 0.130 e. The molecule has 21 heavy (non-hydrogen) atoms. The molecule has 4 fully saturated rings. The molecule has 0 amide bonds. The topological polar surface area (TPSA) is 37.8 Å². The molecule has 0 radical (unpaired) electrons. The fraction of sp³-hybridized carbons (Fsp3) is 0.778. The summed E-state index contributed by atoms with van der Waals surface area (Å²) < 4.78 is 0. The third-order valence-electron chi connectivity index (χ3n) is 6.33. The quantitative estimate of drug-likeness (QED) is 0.908. The second kappa shape index (κ2) is 4.69. The van der Waals surface area contributed by atoms with E-state index in [1.165, 1.54) is 38.5 Å². The second-order valence-electron chi connectivity index (χ2n) is 8.09. The molecule has 0 aliphatic heterocycles. The molecule has 5 rings (SSSR count). The molecule has 1 heterocycles. The van der Waals surface area contributed by atoms with E-state index in [1.54, 1.807) is 0 Å². The van der Waals surface area contributed by atoms with Gasteiger partial charge >= 0.3 is 0 Å². The van der Waals surface area contributed by atoms with Crippen molar-refractivity contribution >= 4 is 5.82 Å². The van der Waals surface area contributed by atoms with Crippen LogP contribution in [0, 0.1) is 37.0 Å². The Morgan fingerprint density at radius 1 is 1.05 bits per heavy atom. The van der Waals surface area contributed by atoms with Crippen molar-refractivity contribution in [3.05, 3.63) is 17.6 Å². The first kappa shape index (κ1) is 13.5. The molecule has 4 aliphatic carbocycles. The Kier molecular flexibility index (Phi) is 3.02. The van der Waals surface area contributed by atoms with Gasteiger partial charge in [0.05, 0.1) is 0 Å². The minimum atomic E-state index is 0.527. The zero-order valence-electron chi connectivity index (χ0n) is 13.5. The number of rotatable bonds is 3. The van der Waals surface area contributed by atoms with Crippen molar-refractivity contribution < 1.29 is 0 Å². The lowest BCUT2D eigenvalue weighted by atomic mass is 9.48. The lowest BCUT2D eigenvalue weighted by Gasteiger charge is -2.59. The van der Waals surface area contributed by atoms with Gasteiger partial charge in [0.25, 0.3) is 0 Å². The highest BCUT2D eigenvalue weighted by Crippen LogP contribution is 2.61. The molecular formula is C18H27N3. The maximum Gasteiger partial charge on any atom is 0.130 e. The monoisotopic (exact) mass is 285 g/mol. The van der Waals surface area contributed by atoms with E-state index < -0.39 is 0 Å². The maximum absolute atomic E-state index is 4.58. The van der Waals surface area contributed by atoms with Crippen LogP contribution in [0.2, 0.25) is 0 Å². The van der Waals surface area contributed by atoms with Crippen LogP contribution in [0.3, 0.4) is 0 Å². The molecule has 1 unspecified atom stereocenters. The van der Waals surface area contributed by atoms with E-state index in [0.29, 0.717) is 11.5 Å². The Morgan fingerprint density at radius 3 is 2.14 bits per heavy atom. The van der Waals surface area contributed by atoms with Gasteiger partial charge in [0, 0.05) is 17.8 Å². The van der Waals surface area contributed by atoms with E-state index in [-0.39, 0.29) is 0 Å². The van der Waals surface area contributed by atoms with Gasteiger partial charge in [0.1, 0.15) is 11.6 Å². The van der Waals surface area contributed by atoms with Gasteiger partial charge in [-0.05, 0) is 82.5 Å². The normalized spacial score (nSPS) is 38.5. The molecule has 4 saturated carbocycles. The van der Waals surface area contributed by atoms with Gasteiger partial charge in [0.15, 0.2) is 0 Å². The van der Waals surface area contributed by atoms with Crippen molar-refractivity contribution in [3.63, 3.8) is 0 Å². The number of aromatic nitrogens is 2. The number of hydrogen-bond acceptors (Lipinski definition) is 3. The van der Waals surface area contributed by atoms with Gasteiger partial charge in [-0.25, -0.2) is 9.97 Å². The van der Waals surface area contributed by atoms with Crippen LogP contribution in [-0.2, 0) is 0 Å². The van der Waals surface area contributed by atoms with Crippen LogP contribution in [0.1, 0.15) is 57.0 Å². The summed E-state index contributed by atoms with van der Waals surface area (Å²) in [6.45, 7) is 6.42. The lowest BCUT2D eigenvalue weighted by Crippen LogP contribution is -2.53. The SMILES string of the molecule is Cc1cc(NC(C)C23CC4CC(CC(C4)C2)C3)nc(C)n1. The van der Waals surface area contributed by atoms with Crippen LogP contribution in [0.15, 0.2) is 6.07 Å². The molecular weight excluding hydrogens is 258 g/mol. The van der Waals surface area contributed by atoms with Crippen LogP contribution in [0.4, 0.5) is 5.82 Å². The van der Waals surface area contributed by atoms with Crippen molar-refractivity contribution in [1.82, 2.24) is 9.97 Å². The molecule has 1 N–H and O–H groups in total. The summed E-state index contributed by atoms with van der Waals surface area (Å²) in [7, 11) is 0. The lowest BCUT2D eigenvalue weighted by molar-refractivity contribution is -0.0603. The predicted octanol–water partition coefficient (Wildman–Crippen LogP) is 4.11. The predicted molar refractivity (Wildman–Crippen MR) is 85.2 cm³/mol. The largest absolute Gasteiger partial charge is 0.367 e. The Labute approximate surface area is 128 Å². The molecule has 0 aromatic carbocycles. The zero-order chi connectivity index (χ0) is 14.6. The minimum absolute atomic E-state index is 0.527. The molecule has 1 aromatic heterocycles. The molecule has 114 valence electrons. The third kappa shape index (κ3) is 2.35. The molecule has 3 heteroatoms.